The predicted octanol–water partition coefficient (Wildman–Crippen LogP) is 2.88. The van der Waals surface area contributed by atoms with Gasteiger partial charge in [-0.2, -0.15) is 0 Å². The molecule has 1 unspecified atom stereocenters. The molecule has 0 bridgehead atoms. The molecule has 0 saturated heterocycles. The van der Waals surface area contributed by atoms with E-state index in [1.54, 1.807) is 23.6 Å². The lowest BCUT2D eigenvalue weighted by Gasteiger charge is -2.25. The van der Waals surface area contributed by atoms with Gasteiger partial charge in [0.1, 0.15) is 11.6 Å². The average Bonchev–Trinajstić information content (AvgIpc) is 3.11. The number of pyridine rings is 1. The van der Waals surface area contributed by atoms with Crippen LogP contribution in [0.1, 0.15) is 29.0 Å². The standard InChI is InChI=1S/C22H22N4O2S/c27-18-12-22(18)11-17-9-16(13-24-21(17)25-14-22)1-2-20(28)26-6-3-15(4-7-26)10-19-23-5-8-29-19/h1-3,5,8-9,13H,4,6-7,10-12,14H2,(H,24,25). The van der Waals surface area contributed by atoms with E-state index in [0.29, 0.717) is 25.3 Å². The van der Waals surface area contributed by atoms with Crippen LogP contribution in [0, 0.1) is 5.41 Å². The maximum absolute atomic E-state index is 12.6. The average molecular weight is 407 g/mol. The first-order chi connectivity index (χ1) is 14.1. The van der Waals surface area contributed by atoms with Gasteiger partial charge < -0.3 is 10.2 Å². The highest BCUT2D eigenvalue weighted by Gasteiger charge is 2.55. The first-order valence-electron chi connectivity index (χ1n) is 9.91. The van der Waals surface area contributed by atoms with Crippen molar-refractivity contribution in [1.82, 2.24) is 14.9 Å². The van der Waals surface area contributed by atoms with E-state index in [1.807, 2.05) is 28.6 Å². The van der Waals surface area contributed by atoms with Gasteiger partial charge in [-0.25, -0.2) is 9.97 Å². The van der Waals surface area contributed by atoms with E-state index in [-0.39, 0.29) is 11.3 Å². The number of aromatic nitrogens is 2. The number of hydrogen-bond acceptors (Lipinski definition) is 6. The Kier molecular flexibility index (Phi) is 4.54. The molecular weight excluding hydrogens is 384 g/mol. The van der Waals surface area contributed by atoms with Gasteiger partial charge in [0.2, 0.25) is 5.91 Å². The maximum atomic E-state index is 12.6. The fraction of sp³-hybridized carbons (Fsp3) is 0.364. The number of nitrogens with one attached hydrogen (secondary N) is 1. The molecule has 4 heterocycles. The first-order valence-corrected chi connectivity index (χ1v) is 10.8. The normalized spacial score (nSPS) is 23.1. The van der Waals surface area contributed by atoms with Crippen molar-refractivity contribution in [2.75, 3.05) is 25.0 Å². The lowest BCUT2D eigenvalue weighted by molar-refractivity contribution is -0.125. The summed E-state index contributed by atoms with van der Waals surface area (Å²) in [6.07, 6.45) is 12.4. The molecule has 2 aromatic heterocycles. The van der Waals surface area contributed by atoms with Crippen LogP contribution in [0.3, 0.4) is 0 Å². The summed E-state index contributed by atoms with van der Waals surface area (Å²) >= 11 is 1.67. The molecule has 1 spiro atoms. The highest BCUT2D eigenvalue weighted by atomic mass is 32.1. The van der Waals surface area contributed by atoms with Gasteiger partial charge in [0, 0.05) is 56.3 Å². The van der Waals surface area contributed by atoms with Crippen LogP contribution in [-0.4, -0.2) is 46.2 Å². The zero-order chi connectivity index (χ0) is 19.8. The van der Waals surface area contributed by atoms with E-state index in [4.69, 9.17) is 0 Å². The molecule has 148 valence electrons. The van der Waals surface area contributed by atoms with E-state index in [1.165, 1.54) is 5.57 Å². The minimum atomic E-state index is -0.205. The van der Waals surface area contributed by atoms with Crippen LogP contribution in [-0.2, 0) is 22.4 Å². The SMILES string of the molecule is O=C(C=Cc1cnc2c(c1)CC1(CN2)CC1=O)N1CC=C(Cc2nccs2)CC1. The molecule has 2 aromatic rings. The summed E-state index contributed by atoms with van der Waals surface area (Å²) < 4.78 is 0. The molecule has 1 N–H and O–H groups in total. The van der Waals surface area contributed by atoms with Gasteiger partial charge in [0.25, 0.3) is 0 Å². The zero-order valence-corrected chi connectivity index (χ0v) is 16.9. The van der Waals surface area contributed by atoms with Crippen molar-refractivity contribution in [3.63, 3.8) is 0 Å². The molecule has 1 saturated carbocycles. The summed E-state index contributed by atoms with van der Waals surface area (Å²) in [6.45, 7) is 2.06. The second-order valence-electron chi connectivity index (χ2n) is 8.02. The molecule has 0 radical (unpaired) electrons. The number of amides is 1. The lowest BCUT2D eigenvalue weighted by atomic mass is 9.92. The molecular formula is C22H22N4O2S. The number of nitrogens with zero attached hydrogens (tertiary/aromatic N) is 3. The van der Waals surface area contributed by atoms with Gasteiger partial charge in [-0.3, -0.25) is 9.59 Å². The molecule has 1 atom stereocenters. The van der Waals surface area contributed by atoms with Crippen LogP contribution >= 0.6 is 11.3 Å². The minimum absolute atomic E-state index is 0.0132. The molecule has 1 fully saturated rings. The number of thiazole rings is 1. The summed E-state index contributed by atoms with van der Waals surface area (Å²) in [5.41, 5.74) is 3.09. The van der Waals surface area contributed by atoms with E-state index in [2.05, 4.69) is 21.4 Å². The number of rotatable bonds is 4. The number of carbonyl (C=O) groups excluding carboxylic acids is 2. The topological polar surface area (TPSA) is 75.2 Å². The van der Waals surface area contributed by atoms with E-state index in [0.717, 1.165) is 47.8 Å². The summed E-state index contributed by atoms with van der Waals surface area (Å²) in [5, 5.41) is 6.39. The van der Waals surface area contributed by atoms with Crippen LogP contribution in [0.5, 0.6) is 0 Å². The van der Waals surface area contributed by atoms with E-state index in [9.17, 15) is 9.59 Å². The molecule has 5 rings (SSSR count). The van der Waals surface area contributed by atoms with Crippen LogP contribution in [0.15, 0.2) is 41.6 Å². The Morgan fingerprint density at radius 3 is 2.97 bits per heavy atom. The van der Waals surface area contributed by atoms with Crippen molar-refractivity contribution in [2.45, 2.75) is 25.7 Å². The van der Waals surface area contributed by atoms with E-state index >= 15 is 0 Å². The number of fused-ring (bicyclic) bond motifs is 1. The fourth-order valence-electron chi connectivity index (χ4n) is 4.06. The zero-order valence-electron chi connectivity index (χ0n) is 16.1. The van der Waals surface area contributed by atoms with Gasteiger partial charge in [-0.1, -0.05) is 11.6 Å². The molecule has 6 nitrogen and oxygen atoms in total. The monoisotopic (exact) mass is 406 g/mol. The third-order valence-electron chi connectivity index (χ3n) is 5.97. The Morgan fingerprint density at radius 2 is 2.24 bits per heavy atom. The largest absolute Gasteiger partial charge is 0.369 e. The second-order valence-corrected chi connectivity index (χ2v) is 9.00. The Morgan fingerprint density at radius 1 is 1.34 bits per heavy atom. The second kappa shape index (κ2) is 7.22. The van der Waals surface area contributed by atoms with Gasteiger partial charge in [0.15, 0.2) is 0 Å². The van der Waals surface area contributed by atoms with Crippen molar-refractivity contribution < 1.29 is 9.59 Å². The van der Waals surface area contributed by atoms with Crippen LogP contribution < -0.4 is 5.32 Å². The number of hydrogen-bond donors (Lipinski definition) is 1. The number of anilines is 1. The summed E-state index contributed by atoms with van der Waals surface area (Å²) in [5.74, 6) is 1.20. The van der Waals surface area contributed by atoms with Gasteiger partial charge >= 0.3 is 0 Å². The van der Waals surface area contributed by atoms with Crippen molar-refractivity contribution in [3.05, 3.63) is 57.7 Å². The van der Waals surface area contributed by atoms with E-state index < -0.39 is 0 Å². The minimum Gasteiger partial charge on any atom is -0.369 e. The van der Waals surface area contributed by atoms with Crippen molar-refractivity contribution in [3.8, 4) is 0 Å². The third-order valence-corrected chi connectivity index (χ3v) is 6.75. The Labute approximate surface area is 173 Å². The highest BCUT2D eigenvalue weighted by molar-refractivity contribution is 7.09. The molecule has 2 aliphatic heterocycles. The Hall–Kier alpha value is -2.80. The van der Waals surface area contributed by atoms with Crippen LogP contribution in [0.25, 0.3) is 6.08 Å². The maximum Gasteiger partial charge on any atom is 0.246 e. The molecule has 3 aliphatic rings. The van der Waals surface area contributed by atoms with Gasteiger partial charge in [-0.15, -0.1) is 11.3 Å². The smallest absolute Gasteiger partial charge is 0.246 e. The third kappa shape index (κ3) is 3.74. The first kappa shape index (κ1) is 18.2. The summed E-state index contributed by atoms with van der Waals surface area (Å²) in [4.78, 5) is 34.9. The molecule has 7 heteroatoms. The Balaban J connectivity index is 1.21. The fourth-order valence-corrected chi connectivity index (χ4v) is 4.73. The summed E-state index contributed by atoms with van der Waals surface area (Å²) in [6, 6.07) is 2.04. The van der Waals surface area contributed by atoms with Crippen molar-refractivity contribution in [1.29, 1.82) is 0 Å². The molecule has 0 aromatic carbocycles. The van der Waals surface area contributed by atoms with Gasteiger partial charge in [0.05, 0.1) is 10.4 Å². The van der Waals surface area contributed by atoms with Crippen LogP contribution in [0.4, 0.5) is 5.82 Å². The lowest BCUT2D eigenvalue weighted by Crippen LogP contribution is -2.33. The molecule has 29 heavy (non-hydrogen) atoms. The molecule has 1 amide bonds. The quantitative estimate of drug-likeness (QED) is 0.624. The highest BCUT2D eigenvalue weighted by Crippen LogP contribution is 2.47. The predicted molar refractivity (Wildman–Crippen MR) is 113 cm³/mol. The van der Waals surface area contributed by atoms with Crippen molar-refractivity contribution in [2.24, 2.45) is 5.41 Å². The number of carbonyl (C=O) groups is 2. The molecule has 1 aliphatic carbocycles. The summed E-state index contributed by atoms with van der Waals surface area (Å²) in [7, 11) is 0. The van der Waals surface area contributed by atoms with Gasteiger partial charge in [-0.05, 0) is 36.1 Å². The van der Waals surface area contributed by atoms with Crippen LogP contribution in [0.2, 0.25) is 0 Å². The number of ketones is 1. The number of Topliss-reactive ketones (excluding diaryl/α,β-unsaturated/α-hetero) is 1. The van der Waals surface area contributed by atoms with Crippen molar-refractivity contribution >= 4 is 34.9 Å². The Bertz CT molecular complexity index is 1030.